The van der Waals surface area contributed by atoms with Gasteiger partial charge in [-0.3, -0.25) is 14.8 Å². The summed E-state index contributed by atoms with van der Waals surface area (Å²) >= 11 is 7.83. The van der Waals surface area contributed by atoms with Crippen LogP contribution in [0.15, 0.2) is 70.3 Å². The molecule has 4 heterocycles. The van der Waals surface area contributed by atoms with E-state index < -0.39 is 23.8 Å². The lowest BCUT2D eigenvalue weighted by Gasteiger charge is -2.38. The summed E-state index contributed by atoms with van der Waals surface area (Å²) in [5.74, 6) is -1.68. The largest absolute Gasteiger partial charge is 0.478 e. The molecule has 0 aliphatic carbocycles. The SMILES string of the molecule is COC(=O)C1=C(CN2CCN3C(=O)N(c4ccc(C(=O)O)cc4)C[C@@H]3C2)NC(c2nccs2)=N[C@H]1c1ccc(F)cc1Cl. The minimum absolute atomic E-state index is 0.124. The van der Waals surface area contributed by atoms with Gasteiger partial charge in [0.15, 0.2) is 10.8 Å². The van der Waals surface area contributed by atoms with Crippen molar-refractivity contribution in [2.24, 2.45) is 4.99 Å². The van der Waals surface area contributed by atoms with Crippen molar-refractivity contribution in [3.05, 3.63) is 92.3 Å². The number of rotatable bonds is 7. The molecule has 0 radical (unpaired) electrons. The number of hydrogen-bond donors (Lipinski definition) is 2. The van der Waals surface area contributed by atoms with Crippen LogP contribution in [0.3, 0.4) is 0 Å². The maximum atomic E-state index is 13.9. The minimum atomic E-state index is -1.03. The van der Waals surface area contributed by atoms with Crippen LogP contribution in [0.1, 0.15) is 27.0 Å². The first-order valence-electron chi connectivity index (χ1n) is 13.4. The Morgan fingerprint density at radius 1 is 1.19 bits per heavy atom. The van der Waals surface area contributed by atoms with Crippen molar-refractivity contribution in [1.82, 2.24) is 20.1 Å². The van der Waals surface area contributed by atoms with Crippen molar-refractivity contribution >= 4 is 52.4 Å². The second kappa shape index (κ2) is 11.7. The van der Waals surface area contributed by atoms with E-state index in [1.54, 1.807) is 23.2 Å². The number of esters is 1. The summed E-state index contributed by atoms with van der Waals surface area (Å²) in [5, 5.41) is 15.1. The van der Waals surface area contributed by atoms with Crippen molar-refractivity contribution < 1.29 is 28.6 Å². The summed E-state index contributed by atoms with van der Waals surface area (Å²) in [6, 6.07) is 9.07. The van der Waals surface area contributed by atoms with Gasteiger partial charge in [-0.15, -0.1) is 11.3 Å². The number of aliphatic imine (C=N–C) groups is 1. The van der Waals surface area contributed by atoms with Crippen molar-refractivity contribution in [3.63, 3.8) is 0 Å². The molecule has 0 bridgehead atoms. The van der Waals surface area contributed by atoms with Crippen molar-refractivity contribution in [2.45, 2.75) is 12.1 Å². The lowest BCUT2D eigenvalue weighted by molar-refractivity contribution is -0.136. The van der Waals surface area contributed by atoms with E-state index >= 15 is 0 Å². The quantitative estimate of drug-likeness (QED) is 0.380. The first-order valence-corrected chi connectivity index (χ1v) is 14.6. The number of ether oxygens (including phenoxy) is 1. The van der Waals surface area contributed by atoms with Crippen molar-refractivity contribution in [2.75, 3.05) is 44.7 Å². The number of aromatic carboxylic acids is 1. The number of piperazine rings is 1. The number of carboxylic acids is 1. The molecule has 2 fully saturated rings. The number of anilines is 1. The van der Waals surface area contributed by atoms with E-state index in [1.165, 1.54) is 48.8 Å². The Kier molecular flexibility index (Phi) is 7.86. The molecule has 43 heavy (non-hydrogen) atoms. The first kappa shape index (κ1) is 28.8. The molecule has 0 unspecified atom stereocenters. The lowest BCUT2D eigenvalue weighted by Crippen LogP contribution is -2.53. The van der Waals surface area contributed by atoms with E-state index in [0.29, 0.717) is 60.5 Å². The molecule has 3 aromatic rings. The third kappa shape index (κ3) is 5.58. The van der Waals surface area contributed by atoms with Gasteiger partial charge < -0.3 is 20.1 Å². The van der Waals surface area contributed by atoms with Crippen LogP contribution in [0.5, 0.6) is 0 Å². The molecule has 2 aromatic carbocycles. The number of amides is 2. The van der Waals surface area contributed by atoms with E-state index in [-0.39, 0.29) is 28.2 Å². The number of carboxylic acid groups (broad SMARTS) is 1. The number of nitrogens with one attached hydrogen (secondary N) is 1. The fourth-order valence-electron chi connectivity index (χ4n) is 5.61. The van der Waals surface area contributed by atoms with Crippen LogP contribution >= 0.6 is 22.9 Å². The Bertz CT molecular complexity index is 1650. The number of carbonyl (C=O) groups excluding carboxylic acids is 2. The Morgan fingerprint density at radius 2 is 1.98 bits per heavy atom. The number of urea groups is 1. The average Bonchev–Trinajstić information content (AvgIpc) is 3.65. The zero-order chi connectivity index (χ0) is 30.2. The molecule has 3 aliphatic rings. The van der Waals surface area contributed by atoms with Gasteiger partial charge in [0.1, 0.15) is 11.9 Å². The van der Waals surface area contributed by atoms with Gasteiger partial charge in [0, 0.05) is 66.3 Å². The summed E-state index contributed by atoms with van der Waals surface area (Å²) in [6.07, 6.45) is 1.65. The zero-order valence-electron chi connectivity index (χ0n) is 22.9. The Balaban J connectivity index is 1.28. The van der Waals surface area contributed by atoms with E-state index in [9.17, 15) is 23.9 Å². The smallest absolute Gasteiger partial charge is 0.338 e. The number of benzene rings is 2. The van der Waals surface area contributed by atoms with Crippen molar-refractivity contribution in [1.29, 1.82) is 0 Å². The molecule has 222 valence electrons. The molecular weight excluding hydrogens is 599 g/mol. The molecule has 0 spiro atoms. The van der Waals surface area contributed by atoms with Crippen molar-refractivity contribution in [3.8, 4) is 0 Å². The molecule has 14 heteroatoms. The molecule has 0 saturated carbocycles. The molecule has 2 saturated heterocycles. The first-order chi connectivity index (χ1) is 20.7. The van der Waals surface area contributed by atoms with Gasteiger partial charge in [-0.2, -0.15) is 0 Å². The number of fused-ring (bicyclic) bond motifs is 1. The summed E-state index contributed by atoms with van der Waals surface area (Å²) in [4.78, 5) is 52.5. The molecule has 2 N–H and O–H groups in total. The number of aromatic nitrogens is 1. The summed E-state index contributed by atoms with van der Waals surface area (Å²) in [6.45, 7) is 2.28. The topological polar surface area (TPSA) is 128 Å². The third-order valence-corrected chi connectivity index (χ3v) is 8.77. The fraction of sp³-hybridized carbons (Fsp3) is 0.276. The highest BCUT2D eigenvalue weighted by Crippen LogP contribution is 2.37. The number of carbonyl (C=O) groups is 3. The van der Waals surface area contributed by atoms with Gasteiger partial charge in [0.2, 0.25) is 0 Å². The maximum absolute atomic E-state index is 13.9. The van der Waals surface area contributed by atoms with Crippen LogP contribution in [0.4, 0.5) is 14.9 Å². The molecule has 3 aliphatic heterocycles. The third-order valence-electron chi connectivity index (χ3n) is 7.67. The van der Waals surface area contributed by atoms with Crippen LogP contribution in [0.25, 0.3) is 0 Å². The molecular formula is C29H26ClFN6O5S. The molecule has 2 amide bonds. The van der Waals surface area contributed by atoms with Crippen LogP contribution in [0.2, 0.25) is 5.02 Å². The fourth-order valence-corrected chi connectivity index (χ4v) is 6.47. The number of hydrogen-bond acceptors (Lipinski definition) is 9. The number of methoxy groups -OCH3 is 1. The van der Waals surface area contributed by atoms with Gasteiger partial charge >= 0.3 is 18.0 Å². The highest BCUT2D eigenvalue weighted by Gasteiger charge is 2.42. The molecule has 11 nitrogen and oxygen atoms in total. The minimum Gasteiger partial charge on any atom is -0.478 e. The molecule has 2 atom stereocenters. The predicted molar refractivity (Wildman–Crippen MR) is 158 cm³/mol. The summed E-state index contributed by atoms with van der Waals surface area (Å²) in [7, 11) is 1.29. The lowest BCUT2D eigenvalue weighted by atomic mass is 9.95. The number of nitrogens with zero attached hydrogens (tertiary/aromatic N) is 5. The van der Waals surface area contributed by atoms with E-state index in [2.05, 4.69) is 15.2 Å². The predicted octanol–water partition coefficient (Wildman–Crippen LogP) is 3.78. The maximum Gasteiger partial charge on any atom is 0.338 e. The average molecular weight is 625 g/mol. The normalized spacial score (nSPS) is 20.5. The molecule has 6 rings (SSSR count). The second-order valence-electron chi connectivity index (χ2n) is 10.2. The highest BCUT2D eigenvalue weighted by atomic mass is 35.5. The van der Waals surface area contributed by atoms with Gasteiger partial charge in [0.25, 0.3) is 0 Å². The zero-order valence-corrected chi connectivity index (χ0v) is 24.4. The Hall–Kier alpha value is -4.33. The Labute approximate surface area is 254 Å². The Morgan fingerprint density at radius 3 is 2.65 bits per heavy atom. The number of amidine groups is 1. The van der Waals surface area contributed by atoms with Gasteiger partial charge in [0.05, 0.1) is 24.3 Å². The monoisotopic (exact) mass is 624 g/mol. The number of thiazole rings is 1. The standard InChI is InChI=1S/C29H26ClFN6O5S/c1-42-28(40)23-22(33-25(26-32-8-11-43-26)34-24(23)20-7-4-17(31)12-21(20)30)15-35-9-10-36-19(13-35)14-37(29(36)41)18-5-2-16(3-6-18)27(38)39/h2-8,11-12,19,24H,9-10,13-15H2,1H3,(H,33,34)(H,38,39)/t19-,24-/m0/s1. The van der Waals surface area contributed by atoms with Crippen LogP contribution in [0, 0.1) is 5.82 Å². The molecule has 1 aromatic heterocycles. The van der Waals surface area contributed by atoms with Gasteiger partial charge in [-0.05, 0) is 36.4 Å². The summed E-state index contributed by atoms with van der Waals surface area (Å²) in [5.41, 5.74) is 2.03. The van der Waals surface area contributed by atoms with Crippen LogP contribution in [-0.4, -0.2) is 89.6 Å². The van der Waals surface area contributed by atoms with Gasteiger partial charge in [-0.1, -0.05) is 17.7 Å². The summed E-state index contributed by atoms with van der Waals surface area (Å²) < 4.78 is 19.1. The second-order valence-corrected chi connectivity index (χ2v) is 11.5. The van der Waals surface area contributed by atoms with Crippen LogP contribution < -0.4 is 10.2 Å². The van der Waals surface area contributed by atoms with Gasteiger partial charge in [-0.25, -0.2) is 23.8 Å². The highest BCUT2D eigenvalue weighted by molar-refractivity contribution is 7.11. The van der Waals surface area contributed by atoms with E-state index in [4.69, 9.17) is 21.3 Å². The number of halogens is 2. The van der Waals surface area contributed by atoms with E-state index in [0.717, 1.165) is 0 Å². The van der Waals surface area contributed by atoms with E-state index in [1.807, 2.05) is 10.3 Å². The van der Waals surface area contributed by atoms with Crippen LogP contribution in [-0.2, 0) is 9.53 Å².